The number of hydrogen-bond acceptors (Lipinski definition) is 7. The Kier molecular flexibility index (Phi) is 8.28. The van der Waals surface area contributed by atoms with Crippen LogP contribution in [-0.2, 0) is 4.79 Å². The van der Waals surface area contributed by atoms with Crippen LogP contribution in [0.25, 0.3) is 11.2 Å². The predicted octanol–water partition coefficient (Wildman–Crippen LogP) is 3.36. The van der Waals surface area contributed by atoms with Gasteiger partial charge in [0.2, 0.25) is 11.9 Å². The first-order valence-corrected chi connectivity index (χ1v) is 12.0. The van der Waals surface area contributed by atoms with Crippen LogP contribution in [0.1, 0.15) is 66.8 Å². The maximum absolute atomic E-state index is 11.8. The van der Waals surface area contributed by atoms with Crippen LogP contribution in [-0.4, -0.2) is 80.0 Å². The van der Waals surface area contributed by atoms with E-state index in [1.54, 1.807) is 0 Å². The molecule has 0 spiro atoms. The third kappa shape index (κ3) is 5.88. The van der Waals surface area contributed by atoms with Crippen molar-refractivity contribution in [1.82, 2.24) is 29.3 Å². The van der Waals surface area contributed by atoms with E-state index >= 15 is 0 Å². The lowest BCUT2D eigenvalue weighted by Gasteiger charge is -2.30. The summed E-state index contributed by atoms with van der Waals surface area (Å²) in [4.78, 5) is 30.3. The summed E-state index contributed by atoms with van der Waals surface area (Å²) in [7, 11) is 0. The summed E-state index contributed by atoms with van der Waals surface area (Å²) >= 11 is 0. The number of aromatic nitrogens is 4. The molecule has 2 aromatic heterocycles. The minimum Gasteiger partial charge on any atom is -0.367 e. The maximum atomic E-state index is 11.8. The minimum absolute atomic E-state index is 0.258. The molecule has 178 valence electrons. The van der Waals surface area contributed by atoms with Crippen molar-refractivity contribution < 1.29 is 4.79 Å². The molecule has 0 bridgehead atoms. The quantitative estimate of drug-likeness (QED) is 0.485. The van der Waals surface area contributed by atoms with Crippen LogP contribution in [0, 0.1) is 0 Å². The van der Waals surface area contributed by atoms with Gasteiger partial charge in [-0.05, 0) is 54.4 Å². The number of rotatable bonds is 12. The van der Waals surface area contributed by atoms with Gasteiger partial charge in [-0.25, -0.2) is 4.98 Å². The Morgan fingerprint density at radius 2 is 1.81 bits per heavy atom. The smallest absolute Gasteiger partial charge is 0.226 e. The number of carbonyl (C=O) groups is 1. The zero-order chi connectivity index (χ0) is 23.3. The monoisotopic (exact) mass is 444 g/mol. The average Bonchev–Trinajstić information content (AvgIpc) is 3.34. The molecule has 1 saturated heterocycles. The van der Waals surface area contributed by atoms with Crippen LogP contribution in [0.4, 0.5) is 11.8 Å². The van der Waals surface area contributed by atoms with E-state index in [1.165, 1.54) is 0 Å². The van der Waals surface area contributed by atoms with Crippen LogP contribution in [0.15, 0.2) is 6.33 Å². The average molecular weight is 445 g/mol. The summed E-state index contributed by atoms with van der Waals surface area (Å²) in [6, 6.07) is 1.23. The zero-order valence-corrected chi connectivity index (χ0v) is 20.6. The number of hydrogen-bond donors (Lipinski definition) is 2. The van der Waals surface area contributed by atoms with Gasteiger partial charge >= 0.3 is 0 Å². The first kappa shape index (κ1) is 24.2. The van der Waals surface area contributed by atoms with Gasteiger partial charge in [0, 0.05) is 57.3 Å². The highest BCUT2D eigenvalue weighted by molar-refractivity contribution is 5.84. The first-order chi connectivity index (χ1) is 15.3. The van der Waals surface area contributed by atoms with E-state index in [0.717, 1.165) is 62.5 Å². The number of likely N-dealkylation sites (tertiary alicyclic amines) is 1. The lowest BCUT2D eigenvalue weighted by atomic mass is 10.2. The van der Waals surface area contributed by atoms with Gasteiger partial charge in [0.25, 0.3) is 0 Å². The van der Waals surface area contributed by atoms with Crippen molar-refractivity contribution in [3.8, 4) is 0 Å². The maximum Gasteiger partial charge on any atom is 0.226 e. The SMILES string of the molecule is CC(C)N(CCNc1nc(NCCCN2CCCC2=O)nc2c1ncn2C(C)C)C(C)C. The van der Waals surface area contributed by atoms with Gasteiger partial charge in [0.05, 0.1) is 6.33 Å². The molecule has 2 N–H and O–H groups in total. The van der Waals surface area contributed by atoms with Gasteiger partial charge in [-0.1, -0.05) is 0 Å². The van der Waals surface area contributed by atoms with Crippen molar-refractivity contribution in [2.24, 2.45) is 0 Å². The van der Waals surface area contributed by atoms with Crippen LogP contribution in [0.5, 0.6) is 0 Å². The van der Waals surface area contributed by atoms with E-state index in [0.29, 0.717) is 24.5 Å². The molecule has 0 saturated carbocycles. The lowest BCUT2D eigenvalue weighted by molar-refractivity contribution is -0.127. The van der Waals surface area contributed by atoms with E-state index in [9.17, 15) is 4.79 Å². The summed E-state index contributed by atoms with van der Waals surface area (Å²) < 4.78 is 2.07. The van der Waals surface area contributed by atoms with Gasteiger partial charge < -0.3 is 20.1 Å². The van der Waals surface area contributed by atoms with E-state index in [2.05, 4.69) is 66.6 Å². The Bertz CT molecular complexity index is 883. The number of imidazole rings is 1. The van der Waals surface area contributed by atoms with Crippen LogP contribution >= 0.6 is 0 Å². The number of fused-ring (bicyclic) bond motifs is 1. The molecule has 0 aromatic carbocycles. The standard InChI is InChI=1S/C23H40N8O/c1-16(2)30(17(3)4)14-11-24-21-20-22(31(15-26-20)18(5)6)28-23(27-21)25-10-8-13-29-12-7-9-19(29)32/h15-18H,7-14H2,1-6H3,(H2,24,25,27,28). The second-order valence-corrected chi connectivity index (χ2v) is 9.43. The number of nitrogens with one attached hydrogen (secondary N) is 2. The van der Waals surface area contributed by atoms with E-state index < -0.39 is 0 Å². The molecular formula is C23H40N8O. The van der Waals surface area contributed by atoms with Crippen molar-refractivity contribution in [3.63, 3.8) is 0 Å². The Balaban J connectivity index is 1.69. The molecule has 1 aliphatic heterocycles. The second-order valence-electron chi connectivity index (χ2n) is 9.43. The van der Waals surface area contributed by atoms with Gasteiger partial charge in [-0.3, -0.25) is 9.69 Å². The molecule has 0 atom stereocenters. The number of carbonyl (C=O) groups excluding carboxylic acids is 1. The molecular weight excluding hydrogens is 404 g/mol. The van der Waals surface area contributed by atoms with Gasteiger partial charge in [-0.15, -0.1) is 0 Å². The number of anilines is 2. The largest absolute Gasteiger partial charge is 0.367 e. The molecule has 9 heteroatoms. The van der Waals surface area contributed by atoms with E-state index in [4.69, 9.17) is 9.97 Å². The Morgan fingerprint density at radius 3 is 2.44 bits per heavy atom. The molecule has 1 aliphatic rings. The molecule has 9 nitrogen and oxygen atoms in total. The molecule has 1 fully saturated rings. The van der Waals surface area contributed by atoms with Gasteiger partial charge in [0.15, 0.2) is 17.0 Å². The Labute approximate surface area is 192 Å². The third-order valence-electron chi connectivity index (χ3n) is 6.03. The lowest BCUT2D eigenvalue weighted by Crippen LogP contribution is -2.40. The van der Waals surface area contributed by atoms with Crippen molar-refractivity contribution >= 4 is 28.8 Å². The highest BCUT2D eigenvalue weighted by Crippen LogP contribution is 2.23. The first-order valence-electron chi connectivity index (χ1n) is 12.0. The molecule has 2 aromatic rings. The highest BCUT2D eigenvalue weighted by Gasteiger charge is 2.19. The number of amides is 1. The molecule has 0 radical (unpaired) electrons. The Morgan fingerprint density at radius 1 is 1.06 bits per heavy atom. The summed E-state index contributed by atoms with van der Waals surface area (Å²) in [5.41, 5.74) is 1.63. The van der Waals surface area contributed by atoms with Crippen molar-refractivity contribution in [2.45, 2.75) is 78.9 Å². The molecule has 0 aliphatic carbocycles. The zero-order valence-electron chi connectivity index (χ0n) is 20.6. The summed E-state index contributed by atoms with van der Waals surface area (Å²) in [5, 5.41) is 6.86. The highest BCUT2D eigenvalue weighted by atomic mass is 16.2. The fourth-order valence-corrected chi connectivity index (χ4v) is 4.32. The van der Waals surface area contributed by atoms with E-state index in [-0.39, 0.29) is 11.9 Å². The van der Waals surface area contributed by atoms with E-state index in [1.807, 2.05) is 11.2 Å². The summed E-state index contributed by atoms with van der Waals surface area (Å²) in [6.07, 6.45) is 4.38. The summed E-state index contributed by atoms with van der Waals surface area (Å²) in [6.45, 7) is 17.3. The van der Waals surface area contributed by atoms with Gasteiger partial charge in [0.1, 0.15) is 0 Å². The van der Waals surface area contributed by atoms with Crippen LogP contribution in [0.2, 0.25) is 0 Å². The van der Waals surface area contributed by atoms with Crippen molar-refractivity contribution in [2.75, 3.05) is 43.4 Å². The van der Waals surface area contributed by atoms with Crippen LogP contribution in [0.3, 0.4) is 0 Å². The molecule has 1 amide bonds. The molecule has 3 heterocycles. The van der Waals surface area contributed by atoms with Crippen molar-refractivity contribution in [1.29, 1.82) is 0 Å². The second kappa shape index (κ2) is 10.9. The fraction of sp³-hybridized carbons (Fsp3) is 0.739. The third-order valence-corrected chi connectivity index (χ3v) is 6.03. The molecule has 0 unspecified atom stereocenters. The topological polar surface area (TPSA) is 91.2 Å². The van der Waals surface area contributed by atoms with Crippen molar-refractivity contribution in [3.05, 3.63) is 6.33 Å². The number of nitrogens with zero attached hydrogens (tertiary/aromatic N) is 6. The Hall–Kier alpha value is -2.42. The summed E-state index contributed by atoms with van der Waals surface area (Å²) in [5.74, 6) is 1.63. The van der Waals surface area contributed by atoms with Crippen LogP contribution < -0.4 is 10.6 Å². The minimum atomic E-state index is 0.258. The molecule has 32 heavy (non-hydrogen) atoms. The predicted molar refractivity (Wildman–Crippen MR) is 130 cm³/mol. The molecule has 3 rings (SSSR count). The van der Waals surface area contributed by atoms with Gasteiger partial charge in [-0.2, -0.15) is 9.97 Å². The normalized spacial score (nSPS) is 14.7. The fourth-order valence-electron chi connectivity index (χ4n) is 4.32.